The van der Waals surface area contributed by atoms with E-state index in [1.165, 1.54) is 0 Å². The average Bonchev–Trinajstić information content (AvgIpc) is 3.17. The summed E-state index contributed by atoms with van der Waals surface area (Å²) in [6.45, 7) is 7.77. The molecular weight excluding hydrogens is 266 g/mol. The Morgan fingerprint density at radius 1 is 1.38 bits per heavy atom. The average molecular weight is 287 g/mol. The van der Waals surface area contributed by atoms with Crippen molar-refractivity contribution in [3.05, 3.63) is 35.4 Å². The Morgan fingerprint density at radius 2 is 2.19 bits per heavy atom. The Hall–Kier alpha value is -2.11. The van der Waals surface area contributed by atoms with Crippen molar-refractivity contribution in [3.8, 4) is 0 Å². The normalized spacial score (nSPS) is 19.2. The SMILES string of the molecule is CC(C)(C)c1cc(C(=O)N2CCC(c3ccn[nH]3)C2)n[nH]1. The molecule has 2 aromatic rings. The molecule has 0 aromatic carbocycles. The molecule has 2 aromatic heterocycles. The first-order valence-electron chi connectivity index (χ1n) is 7.29. The fraction of sp³-hybridized carbons (Fsp3) is 0.533. The Bertz CT molecular complexity index is 623. The van der Waals surface area contributed by atoms with E-state index in [1.54, 1.807) is 6.20 Å². The summed E-state index contributed by atoms with van der Waals surface area (Å²) in [6.07, 6.45) is 2.72. The molecule has 0 bridgehead atoms. The maximum Gasteiger partial charge on any atom is 0.274 e. The molecule has 21 heavy (non-hydrogen) atoms. The number of likely N-dealkylation sites (tertiary alicyclic amines) is 1. The van der Waals surface area contributed by atoms with E-state index in [9.17, 15) is 4.79 Å². The van der Waals surface area contributed by atoms with Crippen LogP contribution < -0.4 is 0 Å². The highest BCUT2D eigenvalue weighted by molar-refractivity contribution is 5.92. The maximum atomic E-state index is 12.5. The third-order valence-electron chi connectivity index (χ3n) is 4.04. The van der Waals surface area contributed by atoms with Crippen molar-refractivity contribution in [1.29, 1.82) is 0 Å². The minimum atomic E-state index is -0.0327. The van der Waals surface area contributed by atoms with Crippen LogP contribution in [-0.4, -0.2) is 44.3 Å². The molecule has 6 heteroatoms. The van der Waals surface area contributed by atoms with Gasteiger partial charge in [-0.05, 0) is 18.6 Å². The molecule has 1 amide bonds. The molecule has 3 heterocycles. The number of H-pyrrole nitrogens is 2. The number of nitrogens with one attached hydrogen (secondary N) is 2. The number of rotatable bonds is 2. The number of carbonyl (C=O) groups excluding carboxylic acids is 1. The molecule has 1 aliphatic rings. The predicted molar refractivity (Wildman–Crippen MR) is 79.1 cm³/mol. The van der Waals surface area contributed by atoms with Gasteiger partial charge in [-0.3, -0.25) is 15.0 Å². The number of hydrogen-bond acceptors (Lipinski definition) is 3. The molecular formula is C15H21N5O. The quantitative estimate of drug-likeness (QED) is 0.887. The van der Waals surface area contributed by atoms with Crippen LogP contribution in [0.2, 0.25) is 0 Å². The second-order valence-electron chi connectivity index (χ2n) is 6.67. The molecule has 1 unspecified atom stereocenters. The fourth-order valence-corrected chi connectivity index (χ4v) is 2.67. The van der Waals surface area contributed by atoms with Crippen LogP contribution in [0.1, 0.15) is 55.0 Å². The van der Waals surface area contributed by atoms with Gasteiger partial charge in [-0.2, -0.15) is 10.2 Å². The largest absolute Gasteiger partial charge is 0.337 e. The van der Waals surface area contributed by atoms with E-state index in [4.69, 9.17) is 0 Å². The lowest BCUT2D eigenvalue weighted by Gasteiger charge is -2.15. The topological polar surface area (TPSA) is 77.7 Å². The monoisotopic (exact) mass is 287 g/mol. The summed E-state index contributed by atoms with van der Waals surface area (Å²) < 4.78 is 0. The molecule has 112 valence electrons. The van der Waals surface area contributed by atoms with Crippen molar-refractivity contribution in [2.24, 2.45) is 0 Å². The highest BCUT2D eigenvalue weighted by Gasteiger charge is 2.30. The van der Waals surface area contributed by atoms with Crippen LogP contribution in [-0.2, 0) is 5.41 Å². The van der Waals surface area contributed by atoms with E-state index in [-0.39, 0.29) is 11.3 Å². The smallest absolute Gasteiger partial charge is 0.274 e. The first-order chi connectivity index (χ1) is 9.95. The van der Waals surface area contributed by atoms with Crippen molar-refractivity contribution < 1.29 is 4.79 Å². The number of carbonyl (C=O) groups is 1. The van der Waals surface area contributed by atoms with Crippen molar-refractivity contribution in [2.45, 2.75) is 38.5 Å². The third kappa shape index (κ3) is 2.70. The van der Waals surface area contributed by atoms with Gasteiger partial charge in [-0.1, -0.05) is 20.8 Å². The van der Waals surface area contributed by atoms with Crippen LogP contribution in [0.3, 0.4) is 0 Å². The van der Waals surface area contributed by atoms with Gasteiger partial charge in [0.15, 0.2) is 0 Å². The van der Waals surface area contributed by atoms with Gasteiger partial charge in [0.25, 0.3) is 5.91 Å². The maximum absolute atomic E-state index is 12.5. The van der Waals surface area contributed by atoms with Crippen molar-refractivity contribution in [2.75, 3.05) is 13.1 Å². The third-order valence-corrected chi connectivity index (χ3v) is 4.04. The number of aromatic nitrogens is 4. The minimum Gasteiger partial charge on any atom is -0.337 e. The zero-order valence-corrected chi connectivity index (χ0v) is 12.7. The molecule has 1 atom stereocenters. The van der Waals surface area contributed by atoms with Gasteiger partial charge in [0.2, 0.25) is 0 Å². The lowest BCUT2D eigenvalue weighted by atomic mass is 9.92. The molecule has 2 N–H and O–H groups in total. The molecule has 1 aliphatic heterocycles. The first-order valence-corrected chi connectivity index (χ1v) is 7.29. The van der Waals surface area contributed by atoms with Gasteiger partial charge >= 0.3 is 0 Å². The van der Waals surface area contributed by atoms with E-state index in [1.807, 2.05) is 17.0 Å². The molecule has 6 nitrogen and oxygen atoms in total. The lowest BCUT2D eigenvalue weighted by Crippen LogP contribution is -2.28. The van der Waals surface area contributed by atoms with Crippen LogP contribution in [0.25, 0.3) is 0 Å². The Balaban J connectivity index is 1.70. The second kappa shape index (κ2) is 5.02. The number of aromatic amines is 2. The molecule has 1 saturated heterocycles. The van der Waals surface area contributed by atoms with E-state index >= 15 is 0 Å². The van der Waals surface area contributed by atoms with Gasteiger partial charge in [0.1, 0.15) is 5.69 Å². The van der Waals surface area contributed by atoms with Crippen LogP contribution in [0.4, 0.5) is 0 Å². The first kappa shape index (κ1) is 13.9. The molecule has 1 fully saturated rings. The predicted octanol–water partition coefficient (Wildman–Crippen LogP) is 2.06. The van der Waals surface area contributed by atoms with Crippen molar-refractivity contribution in [3.63, 3.8) is 0 Å². The lowest BCUT2D eigenvalue weighted by molar-refractivity contribution is 0.0785. The van der Waals surface area contributed by atoms with Crippen molar-refractivity contribution in [1.82, 2.24) is 25.3 Å². The number of hydrogen-bond donors (Lipinski definition) is 2. The Kier molecular flexibility index (Phi) is 3.31. The van der Waals surface area contributed by atoms with Gasteiger partial charge in [0.05, 0.1) is 0 Å². The van der Waals surface area contributed by atoms with Crippen LogP contribution in [0, 0.1) is 0 Å². The van der Waals surface area contributed by atoms with Gasteiger partial charge in [-0.15, -0.1) is 0 Å². The number of amides is 1. The number of nitrogens with zero attached hydrogens (tertiary/aromatic N) is 3. The van der Waals surface area contributed by atoms with E-state index in [0.29, 0.717) is 11.6 Å². The zero-order chi connectivity index (χ0) is 15.0. The van der Waals surface area contributed by atoms with Gasteiger partial charge < -0.3 is 4.90 Å². The summed E-state index contributed by atoms with van der Waals surface area (Å²) in [5.74, 6) is 0.348. The fourth-order valence-electron chi connectivity index (χ4n) is 2.67. The summed E-state index contributed by atoms with van der Waals surface area (Å²) in [6, 6.07) is 3.84. The highest BCUT2D eigenvalue weighted by atomic mass is 16.2. The van der Waals surface area contributed by atoms with Crippen molar-refractivity contribution >= 4 is 5.91 Å². The standard InChI is InChI=1S/C15H21N5O/c1-15(2,3)13-8-12(18-19-13)14(21)20-7-5-10(9-20)11-4-6-16-17-11/h4,6,8,10H,5,7,9H2,1-3H3,(H,16,17)(H,18,19). The summed E-state index contributed by atoms with van der Waals surface area (Å²) in [7, 11) is 0. The molecule has 0 radical (unpaired) electrons. The van der Waals surface area contributed by atoms with Crippen LogP contribution in [0.5, 0.6) is 0 Å². The van der Waals surface area contributed by atoms with Crippen LogP contribution >= 0.6 is 0 Å². The van der Waals surface area contributed by atoms with Gasteiger partial charge in [-0.25, -0.2) is 0 Å². The zero-order valence-electron chi connectivity index (χ0n) is 12.7. The summed E-state index contributed by atoms with van der Waals surface area (Å²) in [5, 5.41) is 14.1. The molecule has 0 spiro atoms. The van der Waals surface area contributed by atoms with E-state index in [0.717, 1.165) is 30.9 Å². The second-order valence-corrected chi connectivity index (χ2v) is 6.67. The Labute approximate surface area is 123 Å². The van der Waals surface area contributed by atoms with E-state index < -0.39 is 0 Å². The van der Waals surface area contributed by atoms with E-state index in [2.05, 4.69) is 41.2 Å². The summed E-state index contributed by atoms with van der Waals surface area (Å²) >= 11 is 0. The highest BCUT2D eigenvalue weighted by Crippen LogP contribution is 2.27. The molecule has 0 saturated carbocycles. The summed E-state index contributed by atoms with van der Waals surface area (Å²) in [4.78, 5) is 14.4. The molecule has 3 rings (SSSR count). The Morgan fingerprint density at radius 3 is 2.81 bits per heavy atom. The van der Waals surface area contributed by atoms with Gasteiger partial charge in [0, 0.05) is 42.0 Å². The minimum absolute atomic E-state index is 0.00349. The molecule has 0 aliphatic carbocycles. The van der Waals surface area contributed by atoms with Crippen LogP contribution in [0.15, 0.2) is 18.3 Å². The summed E-state index contributed by atoms with van der Waals surface area (Å²) in [5.41, 5.74) is 2.55.